The van der Waals surface area contributed by atoms with Crippen LogP contribution in [-0.4, -0.2) is 111 Å². The van der Waals surface area contributed by atoms with Crippen molar-refractivity contribution in [2.24, 2.45) is 10.6 Å². The fourth-order valence-corrected chi connectivity index (χ4v) is 4.94. The molecule has 1 aliphatic rings. The number of carbonyl (C=O) groups excluding carboxylic acids is 3. The first-order chi connectivity index (χ1) is 20.4. The molecule has 256 valence electrons. The van der Waals surface area contributed by atoms with Gasteiger partial charge in [-0.05, 0) is 51.4 Å². The molecule has 1 fully saturated rings. The lowest BCUT2D eigenvalue weighted by molar-refractivity contribution is -0.298. The third-order valence-corrected chi connectivity index (χ3v) is 7.93. The highest BCUT2D eigenvalue weighted by Gasteiger charge is 2.44. The minimum Gasteiger partial charge on any atom is -0.393 e. The number of hydrogen-bond acceptors (Lipinski definition) is 11. The molecule has 0 aliphatic carbocycles. The van der Waals surface area contributed by atoms with Gasteiger partial charge in [-0.15, -0.1) is 0 Å². The van der Waals surface area contributed by atoms with Crippen molar-refractivity contribution in [2.45, 2.75) is 123 Å². The van der Waals surface area contributed by atoms with Crippen molar-refractivity contribution in [3.05, 3.63) is 0 Å². The molecule has 0 bridgehead atoms. The first-order valence-electron chi connectivity index (χ1n) is 15.0. The highest BCUT2D eigenvalue weighted by molar-refractivity contribution is 7.51. The molecule has 0 aromatic heterocycles. The van der Waals surface area contributed by atoms with Crippen LogP contribution < -0.4 is 10.6 Å². The summed E-state index contributed by atoms with van der Waals surface area (Å²) >= 11 is 0. The van der Waals surface area contributed by atoms with Gasteiger partial charge in [0.25, 0.3) is 0 Å². The van der Waals surface area contributed by atoms with E-state index in [4.69, 9.17) is 24.1 Å². The van der Waals surface area contributed by atoms with Gasteiger partial charge in [0.05, 0.1) is 24.6 Å². The monoisotopic (exact) mass is 653 g/mol. The number of hydrogen-bond donors (Lipinski definition) is 7. The molecule has 1 saturated heterocycles. The predicted octanol–water partition coefficient (Wildman–Crippen LogP) is 0.738. The van der Waals surface area contributed by atoms with Gasteiger partial charge >= 0.3 is 7.60 Å². The number of oxime groups is 1. The summed E-state index contributed by atoms with van der Waals surface area (Å²) in [6.45, 7) is 9.66. The van der Waals surface area contributed by atoms with E-state index in [9.17, 15) is 34.3 Å². The normalized spacial score (nSPS) is 23.6. The number of aliphatic hydroxyl groups is 3. The van der Waals surface area contributed by atoms with Crippen LogP contribution in [0, 0.1) is 5.41 Å². The summed E-state index contributed by atoms with van der Waals surface area (Å²) in [4.78, 5) is 58.7. The molecule has 15 nitrogen and oxygen atoms in total. The van der Waals surface area contributed by atoms with Gasteiger partial charge in [-0.3, -0.25) is 14.2 Å². The van der Waals surface area contributed by atoms with Gasteiger partial charge in [0.2, 0.25) is 11.8 Å². The van der Waals surface area contributed by atoms with Crippen molar-refractivity contribution in [3.8, 4) is 0 Å². The number of aliphatic hydroxyl groups excluding tert-OH is 3. The summed E-state index contributed by atoms with van der Waals surface area (Å²) in [7, 11) is -4.35. The van der Waals surface area contributed by atoms with Crippen LogP contribution in [0.2, 0.25) is 0 Å². The van der Waals surface area contributed by atoms with Crippen LogP contribution >= 0.6 is 7.60 Å². The number of nitrogens with zero attached hydrogens (tertiary/aromatic N) is 1. The van der Waals surface area contributed by atoms with Crippen LogP contribution in [0.5, 0.6) is 0 Å². The Labute approximate surface area is 259 Å². The van der Waals surface area contributed by atoms with Crippen molar-refractivity contribution in [3.63, 3.8) is 0 Å². The molecular weight excluding hydrogens is 601 g/mol. The van der Waals surface area contributed by atoms with Crippen molar-refractivity contribution in [1.82, 2.24) is 10.6 Å². The van der Waals surface area contributed by atoms with E-state index in [2.05, 4.69) is 15.8 Å². The maximum Gasteiger partial charge on any atom is 0.325 e. The largest absolute Gasteiger partial charge is 0.393 e. The molecule has 2 amide bonds. The number of ketones is 1. The fraction of sp³-hybridized carbons (Fsp3) is 0.857. The summed E-state index contributed by atoms with van der Waals surface area (Å²) in [5.74, 6) is -0.285. The standard InChI is InChI=1S/C28H52N3O12P/c1-18(31-42-16-15-41-27-26(37)25(36)24(35)20(43-27)13-17-44(38,39)40)9-11-22(33)29-14-7-6-8-21(28(3,4)5)30-23(34)12-10-19(2)32/h20-21,24-27,35-37H,6-17H2,1-5H3,(H,29,33)(H,30,34)(H2,38,39,40)/b31-18+/t20-,21+,24-,25+,26+,27+/m1/s1. The lowest BCUT2D eigenvalue weighted by atomic mass is 9.83. The Morgan fingerprint density at radius 2 is 1.59 bits per heavy atom. The summed E-state index contributed by atoms with van der Waals surface area (Å²) in [6, 6.07) is -0.0425. The van der Waals surface area contributed by atoms with Crippen LogP contribution in [0.15, 0.2) is 5.16 Å². The molecule has 0 unspecified atom stereocenters. The highest BCUT2D eigenvalue weighted by atomic mass is 31.2. The topological polar surface area (TPSA) is 234 Å². The zero-order valence-corrected chi connectivity index (χ0v) is 27.3. The van der Waals surface area contributed by atoms with E-state index in [-0.39, 0.29) is 68.0 Å². The summed E-state index contributed by atoms with van der Waals surface area (Å²) in [5, 5.41) is 40.0. The molecule has 6 atom stereocenters. The first kappa shape index (κ1) is 40.1. The van der Waals surface area contributed by atoms with Gasteiger partial charge in [-0.25, -0.2) is 0 Å². The van der Waals surface area contributed by atoms with E-state index in [0.717, 1.165) is 19.3 Å². The smallest absolute Gasteiger partial charge is 0.325 e. The van der Waals surface area contributed by atoms with E-state index in [0.29, 0.717) is 18.7 Å². The minimum absolute atomic E-state index is 0.0182. The van der Waals surface area contributed by atoms with Crippen molar-refractivity contribution in [2.75, 3.05) is 25.9 Å². The summed E-state index contributed by atoms with van der Waals surface area (Å²) in [5.41, 5.74) is 0.426. The average Bonchev–Trinajstić information content (AvgIpc) is 2.92. The Kier molecular flexibility index (Phi) is 17.8. The quantitative estimate of drug-likeness (QED) is 0.0417. The van der Waals surface area contributed by atoms with E-state index in [1.807, 2.05) is 20.8 Å². The molecule has 0 aromatic carbocycles. The number of nitrogens with one attached hydrogen (secondary N) is 2. The van der Waals surface area contributed by atoms with Crippen LogP contribution in [0.25, 0.3) is 0 Å². The highest BCUT2D eigenvalue weighted by Crippen LogP contribution is 2.37. The number of ether oxygens (including phenoxy) is 2. The molecule has 16 heteroatoms. The number of carbonyl (C=O) groups is 3. The van der Waals surface area contributed by atoms with Crippen LogP contribution in [0.1, 0.15) is 86.0 Å². The van der Waals surface area contributed by atoms with E-state index in [1.165, 1.54) is 6.92 Å². The zero-order valence-electron chi connectivity index (χ0n) is 26.4. The third-order valence-electron chi connectivity index (χ3n) is 7.09. The first-order valence-corrected chi connectivity index (χ1v) is 16.8. The summed E-state index contributed by atoms with van der Waals surface area (Å²) < 4.78 is 21.9. The van der Waals surface area contributed by atoms with Gasteiger partial charge in [0.1, 0.15) is 30.7 Å². The van der Waals surface area contributed by atoms with Gasteiger partial charge in [-0.2, -0.15) is 0 Å². The Balaban J connectivity index is 2.28. The lowest BCUT2D eigenvalue weighted by Gasteiger charge is -2.40. The molecule has 7 N–H and O–H groups in total. The van der Waals surface area contributed by atoms with Gasteiger partial charge < -0.3 is 54.8 Å². The van der Waals surface area contributed by atoms with Gasteiger partial charge in [-0.1, -0.05) is 25.9 Å². The second kappa shape index (κ2) is 19.5. The SMILES string of the molecule is CC(=O)CCC(=O)N[C@@H](CCCCNC(=O)CC/C(C)=N/OCCO[C@H]1O[C@H](CCP(=O)(O)O)[C@@H](O)[C@H](O)[C@@H]1O)C(C)(C)C. The van der Waals surface area contributed by atoms with Crippen LogP contribution in [0.4, 0.5) is 0 Å². The predicted molar refractivity (Wildman–Crippen MR) is 161 cm³/mol. The molecule has 1 aliphatic heterocycles. The molecular formula is C28H52N3O12P. The summed E-state index contributed by atoms with van der Waals surface area (Å²) in [6.07, 6.45) is -4.75. The molecule has 1 rings (SSSR count). The third kappa shape index (κ3) is 16.9. The number of Topliss-reactive ketones (excluding diaryl/α,β-unsaturated/α-hetero) is 1. The van der Waals surface area contributed by atoms with Gasteiger partial charge in [0.15, 0.2) is 6.29 Å². The van der Waals surface area contributed by atoms with Gasteiger partial charge in [0, 0.05) is 31.8 Å². The number of unbranched alkanes of at least 4 members (excludes halogenated alkanes) is 1. The maximum absolute atomic E-state index is 12.2. The Bertz CT molecular complexity index is 983. The Morgan fingerprint density at radius 3 is 2.20 bits per heavy atom. The molecule has 0 aromatic rings. The van der Waals surface area contributed by atoms with Crippen molar-refractivity contribution in [1.29, 1.82) is 0 Å². The van der Waals surface area contributed by atoms with Crippen LogP contribution in [-0.2, 0) is 33.3 Å². The molecule has 1 heterocycles. The zero-order chi connectivity index (χ0) is 33.5. The molecule has 0 radical (unpaired) electrons. The van der Waals surface area contributed by atoms with E-state index < -0.39 is 44.5 Å². The molecule has 44 heavy (non-hydrogen) atoms. The number of rotatable bonds is 20. The van der Waals surface area contributed by atoms with Crippen molar-refractivity contribution < 1.29 is 58.4 Å². The van der Waals surface area contributed by atoms with Crippen LogP contribution in [0.3, 0.4) is 0 Å². The second-order valence-electron chi connectivity index (χ2n) is 12.3. The average molecular weight is 654 g/mol. The van der Waals surface area contributed by atoms with E-state index in [1.54, 1.807) is 6.92 Å². The fourth-order valence-electron chi connectivity index (χ4n) is 4.35. The maximum atomic E-state index is 12.2. The Hall–Kier alpha value is -1.97. The van der Waals surface area contributed by atoms with E-state index >= 15 is 0 Å². The Morgan fingerprint density at radius 1 is 0.932 bits per heavy atom. The minimum atomic E-state index is -4.35. The molecule has 0 saturated carbocycles. The molecule has 0 spiro atoms. The van der Waals surface area contributed by atoms with Crippen molar-refractivity contribution >= 4 is 30.9 Å². The second-order valence-corrected chi connectivity index (χ2v) is 14.0. The number of amides is 2. The lowest BCUT2D eigenvalue weighted by Crippen LogP contribution is -2.58.